The average molecular weight is 1050 g/mol. The molecular formula is C54H53F4N6O6PS2. The van der Waals surface area contributed by atoms with E-state index >= 15 is 0 Å². The van der Waals surface area contributed by atoms with Crippen molar-refractivity contribution in [3.63, 3.8) is 0 Å². The molecule has 0 bridgehead atoms. The smallest absolute Gasteiger partial charge is 0.303 e. The third-order valence-corrected chi connectivity index (χ3v) is 14.6. The summed E-state index contributed by atoms with van der Waals surface area (Å²) in [5, 5.41) is 3.76. The van der Waals surface area contributed by atoms with Crippen molar-refractivity contribution in [1.82, 2.24) is 28.6 Å². The Morgan fingerprint density at radius 2 is 0.795 bits per heavy atom. The number of hydrogen-bond donors (Lipinski definition) is 3. The number of halogens is 4. The lowest BCUT2D eigenvalue weighted by Gasteiger charge is -2.30. The lowest BCUT2D eigenvalue weighted by Crippen LogP contribution is -2.34. The third-order valence-electron chi connectivity index (χ3n) is 13.0. The predicted octanol–water partition coefficient (Wildman–Crippen LogP) is 10.0. The number of aryl methyl sites for hydroxylation is 2. The van der Waals surface area contributed by atoms with Gasteiger partial charge < -0.3 is 24.5 Å². The molecule has 0 amide bonds. The van der Waals surface area contributed by atoms with Gasteiger partial charge in [0.1, 0.15) is 23.3 Å². The van der Waals surface area contributed by atoms with E-state index in [0.717, 1.165) is 131 Å². The van der Waals surface area contributed by atoms with Crippen LogP contribution in [0, 0.1) is 37.1 Å². The Hall–Kier alpha value is -6.21. The van der Waals surface area contributed by atoms with Crippen LogP contribution in [0.15, 0.2) is 141 Å². The Morgan fingerprint density at radius 3 is 1.07 bits per heavy atom. The highest BCUT2D eigenvalue weighted by atomic mass is 32.1. The molecule has 6 heterocycles. The Kier molecular flexibility index (Phi) is 17.3. The van der Waals surface area contributed by atoms with E-state index in [0.29, 0.717) is 12.8 Å². The summed E-state index contributed by atoms with van der Waals surface area (Å²) >= 11 is 2.93. The predicted molar refractivity (Wildman–Crippen MR) is 279 cm³/mol. The lowest BCUT2D eigenvalue weighted by atomic mass is 9.88. The molecule has 0 unspecified atom stereocenters. The second-order valence-corrected chi connectivity index (χ2v) is 20.5. The molecule has 0 spiro atoms. The number of aromatic nitrogens is 4. The van der Waals surface area contributed by atoms with Crippen molar-refractivity contribution < 1.29 is 36.8 Å². The molecule has 380 valence electrons. The topological polar surface area (TPSA) is 153 Å². The van der Waals surface area contributed by atoms with Crippen LogP contribution in [0.3, 0.4) is 0 Å². The van der Waals surface area contributed by atoms with Crippen LogP contribution in [0.1, 0.15) is 70.5 Å². The summed E-state index contributed by atoms with van der Waals surface area (Å²) in [5.74, 6) is -1.10. The fourth-order valence-electron chi connectivity index (χ4n) is 9.36. The summed E-state index contributed by atoms with van der Waals surface area (Å²) < 4.78 is 66.3. The number of nitrogens with zero attached hydrogens (tertiary/aromatic N) is 6. The highest BCUT2D eigenvalue weighted by Gasteiger charge is 2.23. The molecule has 2 aliphatic rings. The number of piperidine rings is 2. The summed E-state index contributed by atoms with van der Waals surface area (Å²) in [6.45, 7) is 8.89. The van der Waals surface area contributed by atoms with Gasteiger partial charge in [0, 0.05) is 84.9 Å². The van der Waals surface area contributed by atoms with E-state index in [-0.39, 0.29) is 34.4 Å². The van der Waals surface area contributed by atoms with Gasteiger partial charge in [-0.2, -0.15) is 0 Å². The number of benzene rings is 4. The van der Waals surface area contributed by atoms with Crippen LogP contribution in [0.2, 0.25) is 0 Å². The van der Waals surface area contributed by atoms with Crippen molar-refractivity contribution in [2.75, 3.05) is 39.3 Å². The second kappa shape index (κ2) is 23.8. The van der Waals surface area contributed by atoms with Crippen LogP contribution in [-0.4, -0.2) is 82.5 Å². The molecule has 0 radical (unpaired) electrons. The molecule has 0 atom stereocenters. The molecule has 2 aliphatic heterocycles. The fourth-order valence-corrected chi connectivity index (χ4v) is 10.9. The summed E-state index contributed by atoms with van der Waals surface area (Å²) in [6.07, 6.45) is 8.35. The van der Waals surface area contributed by atoms with Crippen molar-refractivity contribution in [3.8, 4) is 0 Å². The molecule has 0 saturated carbocycles. The molecule has 0 aliphatic carbocycles. The van der Waals surface area contributed by atoms with E-state index < -0.39 is 7.82 Å². The van der Waals surface area contributed by atoms with Gasteiger partial charge in [0.25, 0.3) is 11.1 Å². The number of rotatable bonds is 10. The number of phosphoric acid groups is 1. The van der Waals surface area contributed by atoms with Gasteiger partial charge in [-0.3, -0.25) is 18.4 Å². The Bertz CT molecular complexity index is 3100. The zero-order valence-electron chi connectivity index (χ0n) is 40.1. The van der Waals surface area contributed by atoms with Crippen molar-refractivity contribution in [3.05, 3.63) is 220 Å². The second-order valence-electron chi connectivity index (χ2n) is 17.8. The van der Waals surface area contributed by atoms with E-state index in [2.05, 4.69) is 19.8 Å². The van der Waals surface area contributed by atoms with E-state index in [1.807, 2.05) is 24.6 Å². The largest absolute Gasteiger partial charge is 0.466 e. The zero-order chi connectivity index (χ0) is 51.8. The van der Waals surface area contributed by atoms with E-state index in [1.54, 1.807) is 69.7 Å². The van der Waals surface area contributed by atoms with Crippen molar-refractivity contribution in [1.29, 1.82) is 0 Å². The molecule has 19 heteroatoms. The summed E-state index contributed by atoms with van der Waals surface area (Å²) in [7, 11) is -4.64. The lowest BCUT2D eigenvalue weighted by molar-refractivity contribution is 0.259. The van der Waals surface area contributed by atoms with Gasteiger partial charge in [-0.15, -0.1) is 22.7 Å². The number of likely N-dealkylation sites (tertiary alicyclic amines) is 2. The van der Waals surface area contributed by atoms with Crippen LogP contribution in [0.4, 0.5) is 17.6 Å². The number of thiazole rings is 2. The molecule has 12 nitrogen and oxygen atoms in total. The highest BCUT2D eigenvalue weighted by Crippen LogP contribution is 2.35. The molecule has 73 heavy (non-hydrogen) atoms. The first kappa shape index (κ1) is 53.1. The number of hydrogen-bond acceptors (Lipinski definition) is 9. The normalized spacial score (nSPS) is 14.4. The number of fused-ring (bicyclic) bond motifs is 2. The van der Waals surface area contributed by atoms with Crippen molar-refractivity contribution >= 4 is 51.6 Å². The summed E-state index contributed by atoms with van der Waals surface area (Å²) in [4.78, 5) is 62.6. The van der Waals surface area contributed by atoms with Gasteiger partial charge in [0.05, 0.1) is 0 Å². The minimum Gasteiger partial charge on any atom is -0.303 e. The monoisotopic (exact) mass is 1050 g/mol. The van der Waals surface area contributed by atoms with Gasteiger partial charge in [0.2, 0.25) is 0 Å². The standard InChI is InChI=1S/2C27H25F2N3OS.H3O4P/c2*1-18-24(26(33)32-16-17-34-27(32)30-18)12-15-31-13-10-21(11-14-31)25(19-2-6-22(28)7-3-19)20-4-8-23(29)9-5-20;1-5(2,3)4/h2*2-9,16-17H,10-15H2,1H3;(H3,1,2,3,4). The fraction of sp³-hybridized carbons (Fsp3) is 0.259. The minimum atomic E-state index is -4.64. The first-order valence-electron chi connectivity index (χ1n) is 23.6. The SMILES string of the molecule is Cc1nc2sccn2c(=O)c1CCN1CCC(=C(c2ccc(F)cc2)c2ccc(F)cc2)CC1.Cc1nc2sccn2c(=O)c1CCN1CCC(=C(c2ccc(F)cc2)c2ccc(F)cc2)CC1.O=P(O)(O)O. The maximum atomic E-state index is 13.5. The van der Waals surface area contributed by atoms with Gasteiger partial charge in [-0.1, -0.05) is 59.7 Å². The Morgan fingerprint density at radius 1 is 0.521 bits per heavy atom. The van der Waals surface area contributed by atoms with Gasteiger partial charge in [-0.25, -0.2) is 32.1 Å². The summed E-state index contributed by atoms with van der Waals surface area (Å²) in [5.41, 5.74) is 11.6. The maximum absolute atomic E-state index is 13.5. The molecule has 4 aromatic heterocycles. The molecule has 3 N–H and O–H groups in total. The molecule has 2 saturated heterocycles. The van der Waals surface area contributed by atoms with Gasteiger partial charge in [0.15, 0.2) is 9.92 Å². The molecule has 8 aromatic rings. The van der Waals surface area contributed by atoms with E-state index in [4.69, 9.17) is 19.2 Å². The Balaban J connectivity index is 0.000000178. The third kappa shape index (κ3) is 13.7. The van der Waals surface area contributed by atoms with Crippen LogP contribution in [-0.2, 0) is 17.4 Å². The average Bonchev–Trinajstić information content (AvgIpc) is 4.05. The van der Waals surface area contributed by atoms with Crippen molar-refractivity contribution in [2.24, 2.45) is 0 Å². The zero-order valence-corrected chi connectivity index (χ0v) is 42.6. The van der Waals surface area contributed by atoms with Gasteiger partial charge in [-0.05, 0) is 134 Å². The van der Waals surface area contributed by atoms with Gasteiger partial charge >= 0.3 is 7.82 Å². The Labute approximate surface area is 426 Å². The van der Waals surface area contributed by atoms with E-state index in [9.17, 15) is 27.2 Å². The van der Waals surface area contributed by atoms with Crippen molar-refractivity contribution in [2.45, 2.75) is 52.4 Å². The van der Waals surface area contributed by atoms with E-state index in [1.165, 1.54) is 82.4 Å². The molecule has 4 aromatic carbocycles. The van der Waals surface area contributed by atoms with Crippen LogP contribution in [0.5, 0.6) is 0 Å². The quantitative estimate of drug-likeness (QED) is 0.0892. The minimum absolute atomic E-state index is 0.0243. The molecule has 2 fully saturated rings. The van der Waals surface area contributed by atoms with Crippen LogP contribution < -0.4 is 11.1 Å². The van der Waals surface area contributed by atoms with Crippen LogP contribution >= 0.6 is 30.5 Å². The first-order chi connectivity index (χ1) is 35.0. The maximum Gasteiger partial charge on any atom is 0.466 e. The first-order valence-corrected chi connectivity index (χ1v) is 26.9. The molecule has 10 rings (SSSR count). The molecular weight excluding hydrogens is 1000 g/mol. The highest BCUT2D eigenvalue weighted by molar-refractivity contribution is 7.45. The summed E-state index contributed by atoms with van der Waals surface area (Å²) in [6, 6.07) is 26.0. The van der Waals surface area contributed by atoms with Crippen LogP contribution in [0.25, 0.3) is 21.1 Å².